The van der Waals surface area contributed by atoms with Crippen molar-refractivity contribution in [2.45, 2.75) is 83.5 Å². The largest absolute Gasteiger partial charge is 0.347 e. The molecule has 0 bridgehead atoms. The van der Waals surface area contributed by atoms with E-state index in [-0.39, 0.29) is 11.2 Å². The van der Waals surface area contributed by atoms with Crippen LogP contribution in [0.15, 0.2) is 0 Å². The second kappa shape index (κ2) is 5.20. The third-order valence-electron chi connectivity index (χ3n) is 9.50. The lowest BCUT2D eigenvalue weighted by atomic mass is 9.45. The standard InChI is InChI=1S/C21H35NO2/c1-19-8-5-15(22)13-14(19)3-4-16-17(19)6-9-20(2)18(16)7-10-21(20)23-11-12-24-21/h14-18H,3-13,22H2,1-2H3/t14?,15-,16+,17?,18-,19-,20-/m0/s1. The minimum absolute atomic E-state index is 0.241. The molecule has 4 saturated carbocycles. The molecule has 1 saturated heterocycles. The van der Waals surface area contributed by atoms with E-state index in [4.69, 9.17) is 15.2 Å². The normalized spacial score (nSPS) is 55.9. The Bertz CT molecular complexity index is 516. The molecular formula is C21H35NO2. The SMILES string of the molecule is C[C@]12CC[C@H](N)CC1CC[C@@H]1C2CC[C@@]2(C)[C@H]1CCC21OCCO1. The summed E-state index contributed by atoms with van der Waals surface area (Å²) in [7, 11) is 0. The summed E-state index contributed by atoms with van der Waals surface area (Å²) >= 11 is 0. The molecule has 0 aromatic rings. The van der Waals surface area contributed by atoms with Gasteiger partial charge in [-0.25, -0.2) is 0 Å². The zero-order chi connectivity index (χ0) is 16.6. The molecule has 5 fully saturated rings. The van der Waals surface area contributed by atoms with Crippen LogP contribution in [0.25, 0.3) is 0 Å². The van der Waals surface area contributed by atoms with Crippen molar-refractivity contribution in [2.24, 2.45) is 40.2 Å². The number of rotatable bonds is 0. The maximum Gasteiger partial charge on any atom is 0.174 e. The van der Waals surface area contributed by atoms with Crippen LogP contribution in [0.3, 0.4) is 0 Å². The van der Waals surface area contributed by atoms with Crippen molar-refractivity contribution in [3.05, 3.63) is 0 Å². The van der Waals surface area contributed by atoms with Crippen LogP contribution in [0.5, 0.6) is 0 Å². The van der Waals surface area contributed by atoms with Gasteiger partial charge in [0.1, 0.15) is 0 Å². The number of hydrogen-bond acceptors (Lipinski definition) is 3. The summed E-state index contributed by atoms with van der Waals surface area (Å²) in [5, 5.41) is 0. The van der Waals surface area contributed by atoms with Crippen LogP contribution in [0, 0.1) is 34.5 Å². The summed E-state index contributed by atoms with van der Waals surface area (Å²) < 4.78 is 12.5. The first kappa shape index (κ1) is 16.1. The molecule has 4 aliphatic carbocycles. The highest BCUT2D eigenvalue weighted by molar-refractivity contribution is 5.12. The molecule has 136 valence electrons. The van der Waals surface area contributed by atoms with E-state index in [1.165, 1.54) is 51.4 Å². The molecule has 0 amide bonds. The van der Waals surface area contributed by atoms with Crippen molar-refractivity contribution in [3.8, 4) is 0 Å². The summed E-state index contributed by atoms with van der Waals surface area (Å²) in [4.78, 5) is 0. The Hall–Kier alpha value is -0.120. The van der Waals surface area contributed by atoms with Gasteiger partial charge in [-0.2, -0.15) is 0 Å². The van der Waals surface area contributed by atoms with E-state index in [0.29, 0.717) is 11.5 Å². The van der Waals surface area contributed by atoms with Gasteiger partial charge in [0.15, 0.2) is 5.79 Å². The van der Waals surface area contributed by atoms with Crippen molar-refractivity contribution >= 4 is 0 Å². The topological polar surface area (TPSA) is 44.5 Å². The highest BCUT2D eigenvalue weighted by Gasteiger charge is 2.67. The van der Waals surface area contributed by atoms with Crippen molar-refractivity contribution in [1.29, 1.82) is 0 Å². The number of hydrogen-bond donors (Lipinski definition) is 1. The van der Waals surface area contributed by atoms with Crippen LogP contribution in [0.1, 0.15) is 71.6 Å². The molecular weight excluding hydrogens is 298 g/mol. The molecule has 24 heavy (non-hydrogen) atoms. The maximum absolute atomic E-state index is 6.32. The lowest BCUT2D eigenvalue weighted by Gasteiger charge is -2.61. The molecule has 3 nitrogen and oxygen atoms in total. The molecule has 1 heterocycles. The van der Waals surface area contributed by atoms with Gasteiger partial charge < -0.3 is 15.2 Å². The zero-order valence-corrected chi connectivity index (χ0v) is 15.6. The first-order valence-electron chi connectivity index (χ1n) is 10.5. The highest BCUT2D eigenvalue weighted by Crippen LogP contribution is 2.69. The van der Waals surface area contributed by atoms with Gasteiger partial charge in [0.25, 0.3) is 0 Å². The summed E-state index contributed by atoms with van der Waals surface area (Å²) in [5.41, 5.74) is 7.12. The van der Waals surface area contributed by atoms with Crippen molar-refractivity contribution in [2.75, 3.05) is 13.2 Å². The lowest BCUT2D eigenvalue weighted by molar-refractivity contribution is -0.247. The molecule has 1 aliphatic heterocycles. The second-order valence-electron chi connectivity index (χ2n) is 10.1. The van der Waals surface area contributed by atoms with E-state index in [9.17, 15) is 0 Å². The van der Waals surface area contributed by atoms with Crippen LogP contribution in [-0.4, -0.2) is 25.0 Å². The Morgan fingerprint density at radius 3 is 2.38 bits per heavy atom. The predicted octanol–water partition coefficient (Wildman–Crippen LogP) is 4.10. The van der Waals surface area contributed by atoms with E-state index in [1.54, 1.807) is 0 Å². The molecule has 3 heteroatoms. The van der Waals surface area contributed by atoms with Crippen LogP contribution >= 0.6 is 0 Å². The Morgan fingerprint density at radius 1 is 0.833 bits per heavy atom. The Labute approximate surface area is 147 Å². The summed E-state index contributed by atoms with van der Waals surface area (Å²) in [6.45, 7) is 6.72. The molecule has 0 radical (unpaired) electrons. The van der Waals surface area contributed by atoms with Crippen molar-refractivity contribution < 1.29 is 9.47 Å². The maximum atomic E-state index is 6.32. The molecule has 5 rings (SSSR count). The molecule has 2 unspecified atom stereocenters. The fourth-order valence-electron chi connectivity index (χ4n) is 8.18. The van der Waals surface area contributed by atoms with Crippen LogP contribution < -0.4 is 5.73 Å². The van der Waals surface area contributed by atoms with Gasteiger partial charge in [0.05, 0.1) is 13.2 Å². The van der Waals surface area contributed by atoms with Crippen molar-refractivity contribution in [1.82, 2.24) is 0 Å². The van der Waals surface area contributed by atoms with E-state index in [0.717, 1.165) is 43.3 Å². The van der Waals surface area contributed by atoms with Crippen LogP contribution in [0.4, 0.5) is 0 Å². The average Bonchev–Trinajstić information content (AvgIpc) is 3.15. The Balaban J connectivity index is 1.45. The molecule has 0 aromatic heterocycles. The Kier molecular flexibility index (Phi) is 3.49. The minimum Gasteiger partial charge on any atom is -0.347 e. The molecule has 2 N–H and O–H groups in total. The molecule has 7 atom stereocenters. The van der Waals surface area contributed by atoms with Gasteiger partial charge in [-0.1, -0.05) is 13.8 Å². The Morgan fingerprint density at radius 2 is 1.58 bits per heavy atom. The average molecular weight is 334 g/mol. The molecule has 0 aromatic carbocycles. The third-order valence-corrected chi connectivity index (χ3v) is 9.50. The van der Waals surface area contributed by atoms with Gasteiger partial charge in [0.2, 0.25) is 0 Å². The van der Waals surface area contributed by atoms with Gasteiger partial charge in [-0.15, -0.1) is 0 Å². The molecule has 1 spiro atoms. The number of ether oxygens (including phenoxy) is 2. The van der Waals surface area contributed by atoms with Gasteiger partial charge in [0, 0.05) is 17.9 Å². The first-order chi connectivity index (χ1) is 11.5. The zero-order valence-electron chi connectivity index (χ0n) is 15.6. The van der Waals surface area contributed by atoms with E-state index < -0.39 is 0 Å². The van der Waals surface area contributed by atoms with E-state index >= 15 is 0 Å². The van der Waals surface area contributed by atoms with Gasteiger partial charge >= 0.3 is 0 Å². The summed E-state index contributed by atoms with van der Waals surface area (Å²) in [6.07, 6.45) is 11.8. The monoisotopic (exact) mass is 333 g/mol. The highest BCUT2D eigenvalue weighted by atomic mass is 16.7. The van der Waals surface area contributed by atoms with E-state index in [1.807, 2.05) is 0 Å². The van der Waals surface area contributed by atoms with Gasteiger partial charge in [-0.05, 0) is 80.5 Å². The minimum atomic E-state index is -0.241. The summed E-state index contributed by atoms with van der Waals surface area (Å²) in [6, 6.07) is 0.462. The predicted molar refractivity (Wildman–Crippen MR) is 94.3 cm³/mol. The van der Waals surface area contributed by atoms with Crippen LogP contribution in [0.2, 0.25) is 0 Å². The fourth-order valence-corrected chi connectivity index (χ4v) is 8.18. The second-order valence-corrected chi connectivity index (χ2v) is 10.1. The van der Waals surface area contributed by atoms with Crippen molar-refractivity contribution in [3.63, 3.8) is 0 Å². The smallest absolute Gasteiger partial charge is 0.174 e. The molecule has 5 aliphatic rings. The fraction of sp³-hybridized carbons (Fsp3) is 1.00. The number of nitrogens with two attached hydrogens (primary N) is 1. The lowest BCUT2D eigenvalue weighted by Crippen LogP contribution is -2.57. The summed E-state index contributed by atoms with van der Waals surface area (Å²) in [5.74, 6) is 3.25. The third kappa shape index (κ3) is 1.90. The van der Waals surface area contributed by atoms with E-state index in [2.05, 4.69) is 13.8 Å². The number of fused-ring (bicyclic) bond motifs is 6. The quantitative estimate of drug-likeness (QED) is 0.726. The van der Waals surface area contributed by atoms with Crippen LogP contribution in [-0.2, 0) is 9.47 Å². The van der Waals surface area contributed by atoms with Gasteiger partial charge in [-0.3, -0.25) is 0 Å². The first-order valence-corrected chi connectivity index (χ1v) is 10.5.